The Kier molecular flexibility index (Phi) is 2.74. The van der Waals surface area contributed by atoms with Crippen molar-refractivity contribution in [2.24, 2.45) is 7.05 Å². The van der Waals surface area contributed by atoms with Gasteiger partial charge in [0.15, 0.2) is 0 Å². The number of aryl methyl sites for hydroxylation is 1. The fourth-order valence-electron chi connectivity index (χ4n) is 2.02. The largest absolute Gasteiger partial charge is 0.496 e. The third kappa shape index (κ3) is 1.46. The van der Waals surface area contributed by atoms with Crippen molar-refractivity contribution in [2.75, 3.05) is 7.11 Å². The lowest BCUT2D eigenvalue weighted by atomic mass is 10.2. The van der Waals surface area contributed by atoms with Crippen LogP contribution in [-0.2, 0) is 13.5 Å². The van der Waals surface area contributed by atoms with Crippen LogP contribution in [0.1, 0.15) is 12.6 Å². The van der Waals surface area contributed by atoms with Gasteiger partial charge in [0.25, 0.3) is 0 Å². The van der Waals surface area contributed by atoms with Gasteiger partial charge in [-0.3, -0.25) is 0 Å². The third-order valence-corrected chi connectivity index (χ3v) is 3.65. The molecular formula is C12H14BrNO. The first kappa shape index (κ1) is 10.6. The van der Waals surface area contributed by atoms with E-state index < -0.39 is 0 Å². The lowest BCUT2D eigenvalue weighted by Gasteiger charge is -2.02. The summed E-state index contributed by atoms with van der Waals surface area (Å²) in [6.07, 6.45) is 1.01. The predicted molar refractivity (Wildman–Crippen MR) is 66.5 cm³/mol. The summed E-state index contributed by atoms with van der Waals surface area (Å²) in [4.78, 5) is 0. The molecule has 0 saturated carbocycles. The van der Waals surface area contributed by atoms with Crippen LogP contribution in [-0.4, -0.2) is 11.7 Å². The molecule has 0 bridgehead atoms. The zero-order valence-electron chi connectivity index (χ0n) is 9.17. The van der Waals surface area contributed by atoms with Crippen molar-refractivity contribution in [3.8, 4) is 5.75 Å². The molecule has 2 nitrogen and oxygen atoms in total. The number of hydrogen-bond donors (Lipinski definition) is 0. The van der Waals surface area contributed by atoms with Gasteiger partial charge < -0.3 is 9.30 Å². The van der Waals surface area contributed by atoms with Crippen LogP contribution in [0.2, 0.25) is 0 Å². The van der Waals surface area contributed by atoms with Crippen molar-refractivity contribution in [3.63, 3.8) is 0 Å². The molecule has 0 aliphatic rings. The number of rotatable bonds is 2. The van der Waals surface area contributed by atoms with Crippen molar-refractivity contribution in [1.82, 2.24) is 4.57 Å². The molecule has 0 unspecified atom stereocenters. The normalized spacial score (nSPS) is 10.9. The Morgan fingerprint density at radius 3 is 2.73 bits per heavy atom. The molecule has 0 aliphatic carbocycles. The molecule has 0 fully saturated rings. The zero-order chi connectivity index (χ0) is 11.0. The van der Waals surface area contributed by atoms with Crippen molar-refractivity contribution in [2.45, 2.75) is 13.3 Å². The molecule has 0 N–H and O–H groups in total. The van der Waals surface area contributed by atoms with Gasteiger partial charge in [-0.05, 0) is 34.5 Å². The lowest BCUT2D eigenvalue weighted by molar-refractivity contribution is 0.419. The number of aromatic nitrogens is 1. The van der Waals surface area contributed by atoms with E-state index in [0.717, 1.165) is 16.6 Å². The zero-order valence-corrected chi connectivity index (χ0v) is 10.8. The molecule has 15 heavy (non-hydrogen) atoms. The van der Waals surface area contributed by atoms with Gasteiger partial charge in [0.2, 0.25) is 0 Å². The van der Waals surface area contributed by atoms with Crippen LogP contribution < -0.4 is 4.74 Å². The van der Waals surface area contributed by atoms with E-state index in [2.05, 4.69) is 40.5 Å². The first-order chi connectivity index (χ1) is 7.20. The predicted octanol–water partition coefficient (Wildman–Crippen LogP) is 3.51. The minimum absolute atomic E-state index is 0.926. The van der Waals surface area contributed by atoms with Crippen LogP contribution in [0, 0.1) is 0 Å². The summed E-state index contributed by atoms with van der Waals surface area (Å²) >= 11 is 3.65. The van der Waals surface area contributed by atoms with Crippen molar-refractivity contribution >= 4 is 26.8 Å². The minimum Gasteiger partial charge on any atom is -0.496 e. The highest BCUT2D eigenvalue weighted by Gasteiger charge is 2.14. The third-order valence-electron chi connectivity index (χ3n) is 2.80. The second-order valence-corrected chi connectivity index (χ2v) is 4.32. The number of nitrogens with zero attached hydrogens (tertiary/aromatic N) is 1. The highest BCUT2D eigenvalue weighted by atomic mass is 79.9. The van der Waals surface area contributed by atoms with Crippen LogP contribution in [0.25, 0.3) is 10.9 Å². The van der Waals surface area contributed by atoms with E-state index in [0.29, 0.717) is 0 Å². The van der Waals surface area contributed by atoms with Crippen LogP contribution in [0.5, 0.6) is 5.75 Å². The van der Waals surface area contributed by atoms with Gasteiger partial charge in [0.05, 0.1) is 22.5 Å². The van der Waals surface area contributed by atoms with E-state index >= 15 is 0 Å². The van der Waals surface area contributed by atoms with Crippen LogP contribution >= 0.6 is 15.9 Å². The number of benzene rings is 1. The molecule has 80 valence electrons. The fourth-order valence-corrected chi connectivity index (χ4v) is 2.96. The van der Waals surface area contributed by atoms with Crippen molar-refractivity contribution in [1.29, 1.82) is 0 Å². The minimum atomic E-state index is 0.926. The van der Waals surface area contributed by atoms with E-state index in [4.69, 9.17) is 4.74 Å². The number of ether oxygens (including phenoxy) is 1. The molecular weight excluding hydrogens is 254 g/mol. The monoisotopic (exact) mass is 267 g/mol. The maximum absolute atomic E-state index is 5.38. The molecule has 2 aromatic rings. The van der Waals surface area contributed by atoms with E-state index in [1.807, 2.05) is 12.1 Å². The maximum Gasteiger partial charge on any atom is 0.129 e. The molecule has 2 rings (SSSR count). The van der Waals surface area contributed by atoms with Gasteiger partial charge in [-0.15, -0.1) is 0 Å². The number of halogens is 1. The van der Waals surface area contributed by atoms with Gasteiger partial charge in [-0.1, -0.05) is 13.0 Å². The summed E-state index contributed by atoms with van der Waals surface area (Å²) in [6.45, 7) is 2.16. The second-order valence-electron chi connectivity index (χ2n) is 3.53. The maximum atomic E-state index is 5.38. The standard InChI is InChI=1S/C12H14BrNO/c1-4-8-12(13)11-9(14(8)2)6-5-7-10(11)15-3/h5-7H,4H2,1-3H3. The average Bonchev–Trinajstić information content (AvgIpc) is 2.51. The van der Waals surface area contributed by atoms with E-state index in [9.17, 15) is 0 Å². The van der Waals surface area contributed by atoms with E-state index in [-0.39, 0.29) is 0 Å². The fraction of sp³-hybridized carbons (Fsp3) is 0.333. The Morgan fingerprint density at radius 1 is 1.40 bits per heavy atom. The Morgan fingerprint density at radius 2 is 2.13 bits per heavy atom. The molecule has 0 aliphatic heterocycles. The molecule has 0 atom stereocenters. The molecule has 0 spiro atoms. The molecule has 1 aromatic heterocycles. The SMILES string of the molecule is CCc1c(Br)c2c(OC)cccc2n1C. The van der Waals surface area contributed by atoms with E-state index in [1.165, 1.54) is 16.6 Å². The molecule has 1 aromatic carbocycles. The summed E-state index contributed by atoms with van der Waals surface area (Å²) in [7, 11) is 3.80. The van der Waals surface area contributed by atoms with Gasteiger partial charge in [-0.25, -0.2) is 0 Å². The molecule has 0 saturated heterocycles. The Hall–Kier alpha value is -0.960. The second kappa shape index (κ2) is 3.89. The van der Waals surface area contributed by atoms with Gasteiger partial charge in [0, 0.05) is 12.7 Å². The highest BCUT2D eigenvalue weighted by molar-refractivity contribution is 9.10. The van der Waals surface area contributed by atoms with E-state index in [1.54, 1.807) is 7.11 Å². The van der Waals surface area contributed by atoms with Crippen molar-refractivity contribution in [3.05, 3.63) is 28.4 Å². The first-order valence-corrected chi connectivity index (χ1v) is 5.79. The number of methoxy groups -OCH3 is 1. The first-order valence-electron chi connectivity index (χ1n) is 5.00. The summed E-state index contributed by atoms with van der Waals surface area (Å²) in [5, 5.41) is 1.17. The summed E-state index contributed by atoms with van der Waals surface area (Å²) in [5.74, 6) is 0.926. The molecule has 1 heterocycles. The van der Waals surface area contributed by atoms with Crippen LogP contribution in [0.3, 0.4) is 0 Å². The van der Waals surface area contributed by atoms with Crippen LogP contribution in [0.15, 0.2) is 22.7 Å². The smallest absolute Gasteiger partial charge is 0.129 e. The molecule has 0 amide bonds. The van der Waals surface area contributed by atoms with Gasteiger partial charge in [-0.2, -0.15) is 0 Å². The Balaban J connectivity index is 2.88. The quantitative estimate of drug-likeness (QED) is 0.813. The summed E-state index contributed by atoms with van der Waals surface area (Å²) in [6, 6.07) is 6.13. The van der Waals surface area contributed by atoms with Gasteiger partial charge in [0.1, 0.15) is 5.75 Å². The molecule has 3 heteroatoms. The Bertz CT molecular complexity index is 502. The topological polar surface area (TPSA) is 14.2 Å². The summed E-state index contributed by atoms with van der Waals surface area (Å²) < 4.78 is 8.74. The summed E-state index contributed by atoms with van der Waals surface area (Å²) in [5.41, 5.74) is 2.51. The Labute approximate surface area is 98.0 Å². The average molecular weight is 268 g/mol. The van der Waals surface area contributed by atoms with Gasteiger partial charge >= 0.3 is 0 Å². The number of hydrogen-bond acceptors (Lipinski definition) is 1. The van der Waals surface area contributed by atoms with Crippen molar-refractivity contribution < 1.29 is 4.74 Å². The number of fused-ring (bicyclic) bond motifs is 1. The molecule has 0 radical (unpaired) electrons. The van der Waals surface area contributed by atoms with Crippen LogP contribution in [0.4, 0.5) is 0 Å². The highest BCUT2D eigenvalue weighted by Crippen LogP contribution is 2.36. The lowest BCUT2D eigenvalue weighted by Crippen LogP contribution is -1.93.